The van der Waals surface area contributed by atoms with Crippen molar-refractivity contribution in [3.63, 3.8) is 0 Å². The van der Waals surface area contributed by atoms with E-state index in [9.17, 15) is 24.3 Å². The molecule has 0 saturated heterocycles. The molecule has 13 nitrogen and oxygen atoms in total. The first kappa shape index (κ1) is 33.1. The summed E-state index contributed by atoms with van der Waals surface area (Å²) in [7, 11) is 0. The van der Waals surface area contributed by atoms with Gasteiger partial charge in [0.1, 0.15) is 18.1 Å². The third-order valence-electron chi connectivity index (χ3n) is 7.05. The molecule has 0 saturated carbocycles. The molecule has 0 aliphatic rings. The number of aromatic amines is 1. The summed E-state index contributed by atoms with van der Waals surface area (Å²) >= 11 is 0. The van der Waals surface area contributed by atoms with Gasteiger partial charge in [-0.3, -0.25) is 19.4 Å². The third kappa shape index (κ3) is 9.78. The largest absolute Gasteiger partial charge is 0.480 e. The lowest BCUT2D eigenvalue weighted by molar-refractivity contribution is -0.143. The van der Waals surface area contributed by atoms with Gasteiger partial charge in [-0.15, -0.1) is 0 Å². The van der Waals surface area contributed by atoms with Crippen LogP contribution in [0.3, 0.4) is 0 Å². The average Bonchev–Trinajstić information content (AvgIpc) is 3.33. The van der Waals surface area contributed by atoms with E-state index in [1.54, 1.807) is 20.8 Å². The Morgan fingerprint density at radius 1 is 0.976 bits per heavy atom. The van der Waals surface area contributed by atoms with Crippen LogP contribution in [-0.2, 0) is 25.6 Å². The van der Waals surface area contributed by atoms with Gasteiger partial charge in [-0.1, -0.05) is 52.3 Å². The van der Waals surface area contributed by atoms with Crippen molar-refractivity contribution in [3.8, 4) is 0 Å². The van der Waals surface area contributed by atoms with Crippen molar-refractivity contribution >= 4 is 40.6 Å². The quantitative estimate of drug-likeness (QED) is 0.0791. The highest BCUT2D eigenvalue weighted by Gasteiger charge is 2.33. The fraction of sp³-hybridized carbons (Fsp3) is 0.536. The summed E-state index contributed by atoms with van der Waals surface area (Å²) in [5.41, 5.74) is 18.6. The van der Waals surface area contributed by atoms with Crippen molar-refractivity contribution in [2.24, 2.45) is 34.0 Å². The highest BCUT2D eigenvalue weighted by Crippen LogP contribution is 2.19. The Morgan fingerprint density at radius 2 is 1.61 bits per heavy atom. The zero-order valence-electron chi connectivity index (χ0n) is 24.1. The average molecular weight is 573 g/mol. The number of nitrogens with one attached hydrogen (secondary N) is 4. The normalized spacial score (nSPS) is 14.9. The Morgan fingerprint density at radius 3 is 2.22 bits per heavy atom. The summed E-state index contributed by atoms with van der Waals surface area (Å²) in [5.74, 6) is -3.65. The van der Waals surface area contributed by atoms with Crippen LogP contribution in [0.5, 0.6) is 0 Å². The number of nitrogens with zero attached hydrogens (tertiary/aromatic N) is 1. The predicted octanol–water partition coefficient (Wildman–Crippen LogP) is 0.332. The number of amides is 3. The van der Waals surface area contributed by atoms with Crippen LogP contribution in [0.2, 0.25) is 0 Å². The fourth-order valence-corrected chi connectivity index (χ4v) is 4.39. The Balaban J connectivity index is 2.08. The van der Waals surface area contributed by atoms with Crippen LogP contribution >= 0.6 is 0 Å². The lowest BCUT2D eigenvalue weighted by Gasteiger charge is -2.29. The lowest BCUT2D eigenvalue weighted by Crippen LogP contribution is -2.59. The number of hydrogen-bond acceptors (Lipinski definition) is 6. The van der Waals surface area contributed by atoms with Gasteiger partial charge in [0.15, 0.2) is 5.96 Å². The molecule has 2 rings (SSSR count). The molecule has 0 bridgehead atoms. The second-order valence-corrected chi connectivity index (χ2v) is 10.6. The summed E-state index contributed by atoms with van der Waals surface area (Å²) in [6.45, 7) is 7.38. The van der Waals surface area contributed by atoms with Gasteiger partial charge in [0.2, 0.25) is 17.7 Å². The van der Waals surface area contributed by atoms with Gasteiger partial charge in [-0.2, -0.15) is 0 Å². The molecule has 11 N–H and O–H groups in total. The molecule has 1 aromatic heterocycles. The molecule has 1 heterocycles. The van der Waals surface area contributed by atoms with E-state index in [1.807, 2.05) is 37.4 Å². The lowest BCUT2D eigenvalue weighted by atomic mass is 9.95. The number of aliphatic imine (C=N–C) groups is 1. The van der Waals surface area contributed by atoms with Gasteiger partial charge in [0.05, 0.1) is 6.04 Å². The van der Waals surface area contributed by atoms with E-state index in [0.29, 0.717) is 12.8 Å². The van der Waals surface area contributed by atoms with Gasteiger partial charge in [-0.05, 0) is 42.7 Å². The summed E-state index contributed by atoms with van der Waals surface area (Å²) in [6.07, 6.45) is 3.04. The summed E-state index contributed by atoms with van der Waals surface area (Å²) in [4.78, 5) is 58.3. The van der Waals surface area contributed by atoms with Crippen molar-refractivity contribution in [2.75, 3.05) is 6.54 Å². The van der Waals surface area contributed by atoms with Crippen LogP contribution in [-0.4, -0.2) is 70.5 Å². The van der Waals surface area contributed by atoms with Crippen molar-refractivity contribution in [1.82, 2.24) is 20.9 Å². The first-order valence-corrected chi connectivity index (χ1v) is 13.9. The van der Waals surface area contributed by atoms with E-state index < -0.39 is 47.9 Å². The van der Waals surface area contributed by atoms with Crippen LogP contribution in [0.4, 0.5) is 0 Å². The van der Waals surface area contributed by atoms with E-state index in [1.165, 1.54) is 0 Å². The molecule has 2 aromatic rings. The van der Waals surface area contributed by atoms with Gasteiger partial charge < -0.3 is 43.2 Å². The standard InChI is InChI=1S/C28H44N8O5/c1-5-16(4)23(26(39)34-21(27(40)41)11-8-12-32-28(30)31)36-25(38)22(15(2)3)35-24(37)19(29)13-17-14-33-20-10-7-6-9-18(17)20/h6-7,9-10,14-16,19,21-23,33H,5,8,11-13,29H2,1-4H3,(H,34,39)(H,35,37)(H,36,38)(H,40,41)(H4,30,31,32). The monoisotopic (exact) mass is 572 g/mol. The summed E-state index contributed by atoms with van der Waals surface area (Å²) < 4.78 is 0. The molecule has 0 fully saturated rings. The van der Waals surface area contributed by atoms with Gasteiger partial charge >= 0.3 is 5.97 Å². The Bertz CT molecular complexity index is 1220. The van der Waals surface area contributed by atoms with Crippen LogP contribution in [0.1, 0.15) is 52.5 Å². The molecule has 1 aromatic carbocycles. The molecule has 13 heteroatoms. The molecule has 0 spiro atoms. The van der Waals surface area contributed by atoms with E-state index in [0.717, 1.165) is 16.5 Å². The number of rotatable bonds is 16. The van der Waals surface area contributed by atoms with Crippen molar-refractivity contribution in [2.45, 2.75) is 77.5 Å². The molecule has 5 unspecified atom stereocenters. The van der Waals surface area contributed by atoms with Crippen LogP contribution in [0.15, 0.2) is 35.5 Å². The number of aliphatic carboxylic acids is 1. The number of para-hydroxylation sites is 1. The second kappa shape index (κ2) is 15.6. The topological polar surface area (TPSA) is 231 Å². The number of aromatic nitrogens is 1. The van der Waals surface area contributed by atoms with E-state index in [2.05, 4.69) is 25.9 Å². The highest BCUT2D eigenvalue weighted by molar-refractivity contribution is 5.94. The number of benzene rings is 1. The number of carbonyl (C=O) groups excluding carboxylic acids is 3. The predicted molar refractivity (Wildman–Crippen MR) is 158 cm³/mol. The maximum atomic E-state index is 13.4. The number of guanidine groups is 1. The zero-order chi connectivity index (χ0) is 30.7. The number of carboxylic acid groups (broad SMARTS) is 1. The van der Waals surface area contributed by atoms with Crippen LogP contribution < -0.4 is 33.2 Å². The minimum Gasteiger partial charge on any atom is -0.480 e. The number of fused-ring (bicyclic) bond motifs is 1. The van der Waals surface area contributed by atoms with Crippen molar-refractivity contribution < 1.29 is 24.3 Å². The summed E-state index contributed by atoms with van der Waals surface area (Å²) in [6, 6.07) is 3.59. The zero-order valence-corrected chi connectivity index (χ0v) is 24.1. The van der Waals surface area contributed by atoms with E-state index in [4.69, 9.17) is 17.2 Å². The number of carbonyl (C=O) groups is 4. The number of hydrogen-bond donors (Lipinski definition) is 8. The smallest absolute Gasteiger partial charge is 0.326 e. The van der Waals surface area contributed by atoms with E-state index in [-0.39, 0.29) is 37.2 Å². The van der Waals surface area contributed by atoms with Crippen molar-refractivity contribution in [3.05, 3.63) is 36.0 Å². The molecule has 5 atom stereocenters. The SMILES string of the molecule is CCC(C)C(NC(=O)C(NC(=O)C(N)Cc1c[nH]c2ccccc12)C(C)C)C(=O)NC(CCCN=C(N)N)C(=O)O. The maximum absolute atomic E-state index is 13.4. The third-order valence-corrected chi connectivity index (χ3v) is 7.05. The first-order valence-electron chi connectivity index (χ1n) is 13.9. The number of H-pyrrole nitrogens is 1. The number of nitrogens with two attached hydrogens (primary N) is 3. The maximum Gasteiger partial charge on any atom is 0.326 e. The molecule has 0 aliphatic carbocycles. The second-order valence-electron chi connectivity index (χ2n) is 10.6. The molecule has 0 radical (unpaired) electrons. The number of carboxylic acids is 1. The van der Waals surface area contributed by atoms with E-state index >= 15 is 0 Å². The first-order chi connectivity index (χ1) is 19.3. The Labute approximate surface area is 240 Å². The Hall–Kier alpha value is -4.13. The summed E-state index contributed by atoms with van der Waals surface area (Å²) in [5, 5.41) is 18.6. The molecule has 226 valence electrons. The molecular weight excluding hydrogens is 528 g/mol. The fourth-order valence-electron chi connectivity index (χ4n) is 4.39. The minimum absolute atomic E-state index is 0.0953. The highest BCUT2D eigenvalue weighted by atomic mass is 16.4. The van der Waals surface area contributed by atoms with Crippen LogP contribution in [0, 0.1) is 11.8 Å². The Kier molecular flexibility index (Phi) is 12.6. The van der Waals surface area contributed by atoms with Gasteiger partial charge in [-0.25, -0.2) is 4.79 Å². The van der Waals surface area contributed by atoms with Gasteiger partial charge in [0, 0.05) is 23.6 Å². The molecule has 41 heavy (non-hydrogen) atoms. The molecular formula is C28H44N8O5. The van der Waals surface area contributed by atoms with Crippen molar-refractivity contribution in [1.29, 1.82) is 0 Å². The molecule has 3 amide bonds. The van der Waals surface area contributed by atoms with Crippen LogP contribution in [0.25, 0.3) is 10.9 Å². The molecule has 0 aliphatic heterocycles. The minimum atomic E-state index is -1.21. The van der Waals surface area contributed by atoms with Gasteiger partial charge in [0.25, 0.3) is 0 Å².